The van der Waals surface area contributed by atoms with Crippen LogP contribution >= 0.6 is 24.0 Å². The molecular formula is C11H11Cl2F6N. The van der Waals surface area contributed by atoms with E-state index in [1.807, 2.05) is 0 Å². The second-order valence-electron chi connectivity index (χ2n) is 3.99. The minimum Gasteiger partial charge on any atom is -0.324 e. The minimum absolute atomic E-state index is 0. The van der Waals surface area contributed by atoms with Gasteiger partial charge in [0.25, 0.3) is 0 Å². The molecule has 1 aromatic rings. The van der Waals surface area contributed by atoms with Crippen LogP contribution in [0, 0.1) is 0 Å². The maximum atomic E-state index is 12.5. The van der Waals surface area contributed by atoms with Crippen LogP contribution in [0.25, 0.3) is 0 Å². The third kappa shape index (κ3) is 5.76. The normalized spacial score (nSPS) is 13.8. The Balaban J connectivity index is 0.00000361. The molecule has 116 valence electrons. The molecule has 0 radical (unpaired) electrons. The molecular weight excluding hydrogens is 331 g/mol. The molecule has 0 aliphatic rings. The fourth-order valence-electron chi connectivity index (χ4n) is 1.48. The first kappa shape index (κ1) is 19.3. The highest BCUT2D eigenvalue weighted by Gasteiger charge is 2.32. The van der Waals surface area contributed by atoms with E-state index in [1.54, 1.807) is 0 Å². The van der Waals surface area contributed by atoms with Crippen LogP contribution < -0.4 is 5.73 Å². The molecule has 0 amide bonds. The lowest BCUT2D eigenvalue weighted by Gasteiger charge is -2.17. The van der Waals surface area contributed by atoms with Gasteiger partial charge in [0, 0.05) is 17.5 Å². The van der Waals surface area contributed by atoms with Crippen molar-refractivity contribution >= 4 is 24.0 Å². The van der Waals surface area contributed by atoms with Gasteiger partial charge in [-0.25, -0.2) is 0 Å². The molecule has 0 unspecified atom stereocenters. The molecule has 0 spiro atoms. The number of hydrogen-bond donors (Lipinski definition) is 1. The molecule has 1 aromatic carbocycles. The van der Waals surface area contributed by atoms with Crippen molar-refractivity contribution in [1.82, 2.24) is 0 Å². The number of hydrogen-bond acceptors (Lipinski definition) is 1. The summed E-state index contributed by atoms with van der Waals surface area (Å²) < 4.78 is 73.5. The summed E-state index contributed by atoms with van der Waals surface area (Å²) in [4.78, 5) is 0. The highest BCUT2D eigenvalue weighted by molar-refractivity contribution is 6.31. The third-order valence-electron chi connectivity index (χ3n) is 2.46. The van der Waals surface area contributed by atoms with Gasteiger partial charge < -0.3 is 5.73 Å². The van der Waals surface area contributed by atoms with Crippen LogP contribution in [0.3, 0.4) is 0 Å². The summed E-state index contributed by atoms with van der Waals surface area (Å²) >= 11 is 5.66. The van der Waals surface area contributed by atoms with Crippen LogP contribution in [0.5, 0.6) is 0 Å². The fourth-order valence-corrected chi connectivity index (χ4v) is 1.74. The van der Waals surface area contributed by atoms with Crippen LogP contribution in [-0.2, 0) is 6.18 Å². The van der Waals surface area contributed by atoms with Gasteiger partial charge in [-0.2, -0.15) is 26.3 Å². The number of rotatable bonds is 3. The predicted molar refractivity (Wildman–Crippen MR) is 65.9 cm³/mol. The van der Waals surface area contributed by atoms with Gasteiger partial charge in [-0.1, -0.05) is 11.6 Å². The Morgan fingerprint density at radius 1 is 1.10 bits per heavy atom. The van der Waals surface area contributed by atoms with Gasteiger partial charge in [-0.15, -0.1) is 12.4 Å². The Labute approximate surface area is 122 Å². The Bertz CT molecular complexity index is 444. The Kier molecular flexibility index (Phi) is 6.64. The SMILES string of the molecule is Cl.N[C@H](CCC(F)(F)F)c1cc(C(F)(F)F)ccc1Cl. The van der Waals surface area contributed by atoms with Crippen LogP contribution in [-0.4, -0.2) is 6.18 Å². The molecule has 0 fully saturated rings. The molecule has 0 aliphatic heterocycles. The zero-order valence-electron chi connectivity index (χ0n) is 9.85. The molecule has 9 heteroatoms. The van der Waals surface area contributed by atoms with E-state index in [9.17, 15) is 26.3 Å². The average Bonchev–Trinajstić information content (AvgIpc) is 2.24. The Morgan fingerprint density at radius 2 is 1.65 bits per heavy atom. The predicted octanol–water partition coefficient (Wildman–Crippen LogP) is 5.12. The molecule has 0 saturated heterocycles. The number of alkyl halides is 6. The molecule has 0 aromatic heterocycles. The van der Waals surface area contributed by atoms with Crippen LogP contribution in [0.15, 0.2) is 18.2 Å². The quantitative estimate of drug-likeness (QED) is 0.758. The van der Waals surface area contributed by atoms with Crippen LogP contribution in [0.1, 0.15) is 30.0 Å². The summed E-state index contributed by atoms with van der Waals surface area (Å²) in [6.45, 7) is 0. The number of halogens is 8. The molecule has 0 bridgehead atoms. The molecule has 0 saturated carbocycles. The molecule has 2 N–H and O–H groups in total. The van der Waals surface area contributed by atoms with Crippen LogP contribution in [0.4, 0.5) is 26.3 Å². The largest absolute Gasteiger partial charge is 0.416 e. The second kappa shape index (κ2) is 6.87. The van der Waals surface area contributed by atoms with E-state index in [0.29, 0.717) is 6.07 Å². The summed E-state index contributed by atoms with van der Waals surface area (Å²) in [5.41, 5.74) is 4.33. The lowest BCUT2D eigenvalue weighted by molar-refractivity contribution is -0.138. The summed E-state index contributed by atoms with van der Waals surface area (Å²) in [6.07, 6.45) is -10.7. The Hall–Kier alpha value is -0.660. The summed E-state index contributed by atoms with van der Waals surface area (Å²) in [6, 6.07) is 1.22. The van der Waals surface area contributed by atoms with Crippen molar-refractivity contribution in [3.63, 3.8) is 0 Å². The van der Waals surface area contributed by atoms with Gasteiger partial charge in [0.1, 0.15) is 0 Å². The number of benzene rings is 1. The highest BCUT2D eigenvalue weighted by Crippen LogP contribution is 2.35. The fraction of sp³-hybridized carbons (Fsp3) is 0.455. The lowest BCUT2D eigenvalue weighted by Crippen LogP contribution is -2.17. The van der Waals surface area contributed by atoms with E-state index in [4.69, 9.17) is 17.3 Å². The first-order chi connectivity index (χ1) is 8.50. The van der Waals surface area contributed by atoms with Crippen molar-refractivity contribution < 1.29 is 26.3 Å². The smallest absolute Gasteiger partial charge is 0.324 e. The van der Waals surface area contributed by atoms with E-state index < -0.39 is 36.8 Å². The Morgan fingerprint density at radius 3 is 2.10 bits per heavy atom. The monoisotopic (exact) mass is 341 g/mol. The van der Waals surface area contributed by atoms with E-state index in [1.165, 1.54) is 0 Å². The van der Waals surface area contributed by atoms with Crippen molar-refractivity contribution in [3.8, 4) is 0 Å². The maximum absolute atomic E-state index is 12.5. The summed E-state index contributed by atoms with van der Waals surface area (Å²) in [5, 5.41) is -0.0809. The molecule has 0 heterocycles. The summed E-state index contributed by atoms with van der Waals surface area (Å²) in [5.74, 6) is 0. The van der Waals surface area contributed by atoms with Gasteiger partial charge in [0.15, 0.2) is 0 Å². The number of nitrogens with two attached hydrogens (primary N) is 1. The van der Waals surface area contributed by atoms with Gasteiger partial charge in [-0.05, 0) is 30.2 Å². The molecule has 1 rings (SSSR count). The first-order valence-electron chi connectivity index (χ1n) is 5.19. The zero-order valence-corrected chi connectivity index (χ0v) is 11.4. The van der Waals surface area contributed by atoms with E-state index in [-0.39, 0.29) is 23.0 Å². The summed E-state index contributed by atoms with van der Waals surface area (Å²) in [7, 11) is 0. The van der Waals surface area contributed by atoms with Gasteiger partial charge in [0.05, 0.1) is 5.56 Å². The van der Waals surface area contributed by atoms with E-state index in [0.717, 1.165) is 12.1 Å². The van der Waals surface area contributed by atoms with E-state index >= 15 is 0 Å². The molecule has 1 atom stereocenters. The van der Waals surface area contributed by atoms with Gasteiger partial charge in [0.2, 0.25) is 0 Å². The lowest BCUT2D eigenvalue weighted by atomic mass is 10.00. The van der Waals surface area contributed by atoms with Crippen LogP contribution in [0.2, 0.25) is 5.02 Å². The molecule has 20 heavy (non-hydrogen) atoms. The highest BCUT2D eigenvalue weighted by atomic mass is 35.5. The molecule has 1 nitrogen and oxygen atoms in total. The third-order valence-corrected chi connectivity index (χ3v) is 2.81. The average molecular weight is 342 g/mol. The molecule has 0 aliphatic carbocycles. The minimum atomic E-state index is -4.59. The van der Waals surface area contributed by atoms with Crippen molar-refractivity contribution in [2.45, 2.75) is 31.2 Å². The van der Waals surface area contributed by atoms with Crippen molar-refractivity contribution in [2.24, 2.45) is 5.73 Å². The van der Waals surface area contributed by atoms with Crippen molar-refractivity contribution in [2.75, 3.05) is 0 Å². The van der Waals surface area contributed by atoms with Gasteiger partial charge >= 0.3 is 12.4 Å². The zero-order chi connectivity index (χ0) is 14.8. The topological polar surface area (TPSA) is 26.0 Å². The standard InChI is InChI=1S/C11H10ClF6N.ClH/c12-8-2-1-6(11(16,17)18)5-7(8)9(19)3-4-10(13,14)15;/h1-2,5,9H,3-4,19H2;1H/t9-;/m1./s1. The van der Waals surface area contributed by atoms with Crippen molar-refractivity contribution in [1.29, 1.82) is 0 Å². The first-order valence-corrected chi connectivity index (χ1v) is 5.57. The van der Waals surface area contributed by atoms with Gasteiger partial charge in [-0.3, -0.25) is 0 Å². The second-order valence-corrected chi connectivity index (χ2v) is 4.40. The van der Waals surface area contributed by atoms with E-state index in [2.05, 4.69) is 0 Å². The van der Waals surface area contributed by atoms with Crippen molar-refractivity contribution in [3.05, 3.63) is 34.3 Å². The maximum Gasteiger partial charge on any atom is 0.416 e.